The molecule has 136 valence electrons. The Morgan fingerprint density at radius 1 is 1.00 bits per heavy atom. The number of rotatable bonds is 3. The van der Waals surface area contributed by atoms with Gasteiger partial charge in [0.2, 0.25) is 0 Å². The Balaban J connectivity index is 1.52. The van der Waals surface area contributed by atoms with Crippen LogP contribution in [0.1, 0.15) is 29.8 Å². The van der Waals surface area contributed by atoms with E-state index >= 15 is 0 Å². The van der Waals surface area contributed by atoms with Gasteiger partial charge in [0, 0.05) is 11.7 Å². The lowest BCUT2D eigenvalue weighted by molar-refractivity contribution is -0.126. The van der Waals surface area contributed by atoms with Crippen LogP contribution >= 0.6 is 0 Å². The molecule has 3 aromatic carbocycles. The first-order valence-corrected chi connectivity index (χ1v) is 9.15. The molecule has 1 amide bonds. The smallest absolute Gasteiger partial charge is 0.338 e. The lowest BCUT2D eigenvalue weighted by Gasteiger charge is -2.26. The number of carbonyl (C=O) groups excluding carboxylic acids is 2. The molecular weight excluding hydrogens is 338 g/mol. The summed E-state index contributed by atoms with van der Waals surface area (Å²) in [4.78, 5) is 27.2. The van der Waals surface area contributed by atoms with Gasteiger partial charge in [-0.15, -0.1) is 0 Å². The first-order valence-electron chi connectivity index (χ1n) is 9.15. The Morgan fingerprint density at radius 2 is 1.70 bits per heavy atom. The number of anilines is 1. The number of hydrogen-bond acceptors (Lipinski definition) is 3. The monoisotopic (exact) mass is 359 g/mol. The maximum atomic E-state index is 12.9. The highest BCUT2D eigenvalue weighted by molar-refractivity contribution is 6.01. The second kappa shape index (κ2) is 6.88. The molecule has 0 aromatic heterocycles. The fourth-order valence-electron chi connectivity index (χ4n) is 3.69. The van der Waals surface area contributed by atoms with Crippen molar-refractivity contribution >= 4 is 28.3 Å². The van der Waals surface area contributed by atoms with E-state index in [4.69, 9.17) is 4.74 Å². The van der Waals surface area contributed by atoms with E-state index in [1.165, 1.54) is 0 Å². The third kappa shape index (κ3) is 3.19. The summed E-state index contributed by atoms with van der Waals surface area (Å²) in [6, 6.07) is 21.1. The minimum Gasteiger partial charge on any atom is -0.449 e. The fourth-order valence-corrected chi connectivity index (χ4v) is 3.69. The van der Waals surface area contributed by atoms with Gasteiger partial charge in [0.05, 0.1) is 5.56 Å². The number of ether oxygens (including phenoxy) is 1. The Hall–Kier alpha value is -3.14. The average Bonchev–Trinajstić information content (AvgIpc) is 3.02. The first-order chi connectivity index (χ1) is 13.0. The van der Waals surface area contributed by atoms with Crippen molar-refractivity contribution in [3.05, 3.63) is 77.9 Å². The number of esters is 1. The molecule has 0 bridgehead atoms. The van der Waals surface area contributed by atoms with E-state index in [2.05, 4.69) is 0 Å². The number of nitrogens with zero attached hydrogens (tertiary/aromatic N) is 1. The van der Waals surface area contributed by atoms with Gasteiger partial charge in [-0.3, -0.25) is 4.79 Å². The molecule has 3 aromatic rings. The van der Waals surface area contributed by atoms with Crippen LogP contribution in [0.25, 0.3) is 10.8 Å². The van der Waals surface area contributed by atoms with Crippen LogP contribution in [0.2, 0.25) is 0 Å². The van der Waals surface area contributed by atoms with Crippen molar-refractivity contribution in [2.24, 2.45) is 0 Å². The van der Waals surface area contributed by atoms with E-state index < -0.39 is 12.1 Å². The minimum atomic E-state index is -0.849. The van der Waals surface area contributed by atoms with E-state index in [0.29, 0.717) is 5.56 Å². The molecule has 2 atom stereocenters. The molecule has 0 radical (unpaired) electrons. The predicted octanol–water partition coefficient (Wildman–Crippen LogP) is 4.36. The van der Waals surface area contributed by atoms with E-state index in [0.717, 1.165) is 28.4 Å². The van der Waals surface area contributed by atoms with Gasteiger partial charge in [0.15, 0.2) is 6.10 Å². The lowest BCUT2D eigenvalue weighted by atomic mass is 10.1. The molecule has 4 nitrogen and oxygen atoms in total. The van der Waals surface area contributed by atoms with Crippen LogP contribution in [-0.2, 0) is 16.0 Å². The maximum absolute atomic E-state index is 12.9. The molecule has 0 aliphatic carbocycles. The zero-order valence-electron chi connectivity index (χ0n) is 15.4. The average molecular weight is 359 g/mol. The third-order valence-electron chi connectivity index (χ3n) is 5.06. The van der Waals surface area contributed by atoms with Crippen LogP contribution < -0.4 is 4.90 Å². The number of hydrogen-bond donors (Lipinski definition) is 0. The molecule has 1 aliphatic heterocycles. The van der Waals surface area contributed by atoms with Gasteiger partial charge < -0.3 is 9.64 Å². The molecule has 0 N–H and O–H groups in total. The molecule has 0 saturated carbocycles. The standard InChI is InChI=1S/C23H21NO3/c1-15-13-19-9-5-6-10-21(19)24(15)22(25)16(2)27-23(26)20-12-11-17-7-3-4-8-18(17)14-20/h3-12,14-16H,13H2,1-2H3/t15-,16-/m1/s1. The van der Waals surface area contributed by atoms with Gasteiger partial charge in [0.1, 0.15) is 0 Å². The highest BCUT2D eigenvalue weighted by atomic mass is 16.5. The molecule has 0 spiro atoms. The van der Waals surface area contributed by atoms with Gasteiger partial charge >= 0.3 is 5.97 Å². The quantitative estimate of drug-likeness (QED) is 0.653. The number of fused-ring (bicyclic) bond motifs is 2. The van der Waals surface area contributed by atoms with Crippen LogP contribution in [0.3, 0.4) is 0 Å². The molecule has 0 saturated heterocycles. The molecule has 27 heavy (non-hydrogen) atoms. The summed E-state index contributed by atoms with van der Waals surface area (Å²) in [7, 11) is 0. The Kier molecular flexibility index (Phi) is 4.40. The van der Waals surface area contributed by atoms with Crippen molar-refractivity contribution in [1.29, 1.82) is 0 Å². The number of para-hydroxylation sites is 1. The third-order valence-corrected chi connectivity index (χ3v) is 5.06. The Labute approximate surface area is 158 Å². The minimum absolute atomic E-state index is 0.0525. The summed E-state index contributed by atoms with van der Waals surface area (Å²) in [5, 5.41) is 2.02. The number of carbonyl (C=O) groups is 2. The van der Waals surface area contributed by atoms with Crippen LogP contribution in [-0.4, -0.2) is 24.0 Å². The van der Waals surface area contributed by atoms with Crippen LogP contribution in [0.5, 0.6) is 0 Å². The molecule has 0 unspecified atom stereocenters. The van der Waals surface area contributed by atoms with E-state index in [1.54, 1.807) is 24.0 Å². The lowest BCUT2D eigenvalue weighted by Crippen LogP contribution is -2.43. The Morgan fingerprint density at radius 3 is 2.52 bits per heavy atom. The highest BCUT2D eigenvalue weighted by Crippen LogP contribution is 2.32. The van der Waals surface area contributed by atoms with Gasteiger partial charge in [0.25, 0.3) is 5.91 Å². The van der Waals surface area contributed by atoms with Gasteiger partial charge in [-0.1, -0.05) is 48.5 Å². The second-order valence-corrected chi connectivity index (χ2v) is 7.00. The SMILES string of the molecule is C[C@@H]1Cc2ccccc2N1C(=O)[C@@H](C)OC(=O)c1ccc2ccccc2c1. The number of amides is 1. The van der Waals surface area contributed by atoms with Crippen LogP contribution in [0.4, 0.5) is 5.69 Å². The number of benzene rings is 3. The van der Waals surface area contributed by atoms with E-state index in [9.17, 15) is 9.59 Å². The van der Waals surface area contributed by atoms with Crippen molar-refractivity contribution in [3.8, 4) is 0 Å². The molecular formula is C23H21NO3. The van der Waals surface area contributed by atoms with Crippen LogP contribution in [0.15, 0.2) is 66.7 Å². The highest BCUT2D eigenvalue weighted by Gasteiger charge is 2.34. The molecule has 0 fully saturated rings. The Bertz CT molecular complexity index is 1030. The van der Waals surface area contributed by atoms with Gasteiger partial charge in [-0.05, 0) is 54.8 Å². The van der Waals surface area contributed by atoms with Gasteiger partial charge in [-0.25, -0.2) is 4.79 Å². The van der Waals surface area contributed by atoms with Crippen molar-refractivity contribution in [2.45, 2.75) is 32.4 Å². The summed E-state index contributed by atoms with van der Waals surface area (Å²) in [6.07, 6.45) is -0.0367. The fraction of sp³-hybridized carbons (Fsp3) is 0.217. The van der Waals surface area contributed by atoms with Crippen molar-refractivity contribution < 1.29 is 14.3 Å². The zero-order chi connectivity index (χ0) is 19.0. The molecule has 4 rings (SSSR count). The van der Waals surface area contributed by atoms with Crippen molar-refractivity contribution in [2.75, 3.05) is 4.90 Å². The largest absolute Gasteiger partial charge is 0.449 e. The summed E-state index contributed by atoms with van der Waals surface area (Å²) in [6.45, 7) is 3.64. The zero-order valence-corrected chi connectivity index (χ0v) is 15.4. The van der Waals surface area contributed by atoms with Gasteiger partial charge in [-0.2, -0.15) is 0 Å². The summed E-state index contributed by atoms with van der Waals surface area (Å²) in [5.41, 5.74) is 2.50. The van der Waals surface area contributed by atoms with Crippen LogP contribution in [0, 0.1) is 0 Å². The van der Waals surface area contributed by atoms with Crippen molar-refractivity contribution in [1.82, 2.24) is 0 Å². The molecule has 1 heterocycles. The summed E-state index contributed by atoms with van der Waals surface area (Å²) in [5.74, 6) is -0.677. The predicted molar refractivity (Wildman–Crippen MR) is 106 cm³/mol. The molecule has 1 aliphatic rings. The normalized spacial score (nSPS) is 16.8. The van der Waals surface area contributed by atoms with Crippen molar-refractivity contribution in [3.63, 3.8) is 0 Å². The summed E-state index contributed by atoms with van der Waals surface area (Å²) >= 11 is 0. The topological polar surface area (TPSA) is 46.6 Å². The summed E-state index contributed by atoms with van der Waals surface area (Å²) < 4.78 is 5.49. The molecule has 4 heteroatoms. The maximum Gasteiger partial charge on any atom is 0.338 e. The second-order valence-electron chi connectivity index (χ2n) is 7.00. The first kappa shape index (κ1) is 17.3. The van der Waals surface area contributed by atoms with E-state index in [1.807, 2.05) is 61.5 Å². The van der Waals surface area contributed by atoms with E-state index in [-0.39, 0.29) is 11.9 Å².